The summed E-state index contributed by atoms with van der Waals surface area (Å²) in [5.74, 6) is 1.35. The maximum atomic E-state index is 5.60. The van der Waals surface area contributed by atoms with Crippen LogP contribution in [0.4, 0.5) is 0 Å². The molecule has 2 N–H and O–H groups in total. The highest BCUT2D eigenvalue weighted by Gasteiger charge is 2.11. The third-order valence-corrected chi connectivity index (χ3v) is 2.18. The first kappa shape index (κ1) is 9.58. The lowest BCUT2D eigenvalue weighted by Gasteiger charge is -1.94. The second-order valence-electron chi connectivity index (χ2n) is 3.52. The van der Waals surface area contributed by atoms with E-state index in [1.54, 1.807) is 4.68 Å². The Morgan fingerprint density at radius 3 is 2.80 bits per heavy atom. The predicted molar refractivity (Wildman–Crippen MR) is 58.9 cm³/mol. The largest absolute Gasteiger partial charge is 0.453 e. The van der Waals surface area contributed by atoms with Gasteiger partial charge in [0, 0.05) is 13.2 Å². The van der Waals surface area contributed by atoms with Crippen LogP contribution in [0.2, 0.25) is 0 Å². The third-order valence-electron chi connectivity index (χ3n) is 2.18. The zero-order valence-corrected chi connectivity index (χ0v) is 8.82. The molecule has 0 aliphatic heterocycles. The van der Waals surface area contributed by atoms with Gasteiger partial charge in [0.25, 0.3) is 0 Å². The average Bonchev–Trinajstić information content (AvgIpc) is 2.71. The van der Waals surface area contributed by atoms with Gasteiger partial charge in [0.1, 0.15) is 5.69 Å². The molecule has 2 rings (SSSR count). The highest BCUT2D eigenvalue weighted by Crippen LogP contribution is 2.25. The fourth-order valence-corrected chi connectivity index (χ4v) is 1.47. The van der Waals surface area contributed by atoms with Gasteiger partial charge in [-0.3, -0.25) is 4.68 Å². The van der Waals surface area contributed by atoms with Crippen LogP contribution in [0.25, 0.3) is 17.2 Å². The van der Waals surface area contributed by atoms with Crippen molar-refractivity contribution in [2.24, 2.45) is 12.8 Å². The van der Waals surface area contributed by atoms with Crippen molar-refractivity contribution in [2.75, 3.05) is 0 Å². The van der Waals surface area contributed by atoms with Crippen molar-refractivity contribution in [2.45, 2.75) is 6.92 Å². The molecule has 4 nitrogen and oxygen atoms in total. The van der Waals surface area contributed by atoms with E-state index in [1.807, 2.05) is 32.3 Å². The summed E-state index contributed by atoms with van der Waals surface area (Å²) in [6.07, 6.45) is 1.87. The van der Waals surface area contributed by atoms with Gasteiger partial charge < -0.3 is 10.2 Å². The molecule has 2 heterocycles. The van der Waals surface area contributed by atoms with Crippen molar-refractivity contribution in [1.82, 2.24) is 9.78 Å². The van der Waals surface area contributed by atoms with Crippen molar-refractivity contribution in [3.63, 3.8) is 0 Å². The molecule has 0 radical (unpaired) electrons. The summed E-state index contributed by atoms with van der Waals surface area (Å²) in [5.41, 5.74) is 7.81. The van der Waals surface area contributed by atoms with Gasteiger partial charge in [-0.2, -0.15) is 5.10 Å². The summed E-state index contributed by atoms with van der Waals surface area (Å²) in [6.45, 7) is 5.59. The lowest BCUT2D eigenvalue weighted by atomic mass is 10.2. The fourth-order valence-electron chi connectivity index (χ4n) is 1.47. The van der Waals surface area contributed by atoms with Crippen molar-refractivity contribution in [3.05, 3.63) is 36.2 Å². The molecule has 0 aromatic carbocycles. The number of rotatable bonds is 2. The topological polar surface area (TPSA) is 57.0 Å². The Hall–Kier alpha value is -1.97. The molecular weight excluding hydrogens is 190 g/mol. The summed E-state index contributed by atoms with van der Waals surface area (Å²) >= 11 is 0. The minimum Gasteiger partial charge on any atom is -0.453 e. The number of furan rings is 1. The summed E-state index contributed by atoms with van der Waals surface area (Å²) in [5, 5.41) is 4.25. The molecule has 0 fully saturated rings. The Morgan fingerprint density at radius 2 is 2.33 bits per heavy atom. The molecule has 0 spiro atoms. The van der Waals surface area contributed by atoms with Gasteiger partial charge in [-0.25, -0.2) is 0 Å². The van der Waals surface area contributed by atoms with E-state index < -0.39 is 0 Å². The van der Waals surface area contributed by atoms with Crippen molar-refractivity contribution < 1.29 is 4.42 Å². The number of nitrogens with zero attached hydrogens (tertiary/aromatic N) is 2. The van der Waals surface area contributed by atoms with E-state index in [9.17, 15) is 0 Å². The molecule has 0 saturated carbocycles. The first-order valence-electron chi connectivity index (χ1n) is 4.63. The highest BCUT2D eigenvalue weighted by molar-refractivity contribution is 5.63. The zero-order valence-electron chi connectivity index (χ0n) is 8.82. The maximum Gasteiger partial charge on any atom is 0.155 e. The van der Waals surface area contributed by atoms with Crippen LogP contribution < -0.4 is 5.73 Å². The molecule has 0 atom stereocenters. The standard InChI is InChI=1S/C11H13N3O/c1-7-6-10(15-11(7)8(2)12)9-4-5-14(3)13-9/h4-6H,2,12H2,1,3H3. The SMILES string of the molecule is C=C(N)c1oc(-c2ccn(C)n2)cc1C. The minimum absolute atomic E-state index is 0.440. The number of aryl methyl sites for hydroxylation is 2. The lowest BCUT2D eigenvalue weighted by molar-refractivity contribution is 0.560. The summed E-state index contributed by atoms with van der Waals surface area (Å²) in [7, 11) is 1.86. The zero-order chi connectivity index (χ0) is 11.0. The second-order valence-corrected chi connectivity index (χ2v) is 3.52. The fraction of sp³-hybridized carbons (Fsp3) is 0.182. The van der Waals surface area contributed by atoms with Crippen LogP contribution in [-0.2, 0) is 7.05 Å². The van der Waals surface area contributed by atoms with Crippen LogP contribution in [0, 0.1) is 6.92 Å². The van der Waals surface area contributed by atoms with Gasteiger partial charge >= 0.3 is 0 Å². The molecule has 0 bridgehead atoms. The Bertz CT molecular complexity index is 508. The molecule has 0 unspecified atom stereocenters. The van der Waals surface area contributed by atoms with E-state index in [1.165, 1.54) is 0 Å². The van der Waals surface area contributed by atoms with E-state index in [0.29, 0.717) is 11.5 Å². The molecule has 15 heavy (non-hydrogen) atoms. The van der Waals surface area contributed by atoms with Gasteiger partial charge in [-0.15, -0.1) is 0 Å². The van der Waals surface area contributed by atoms with Gasteiger partial charge in [-0.05, 0) is 24.6 Å². The number of hydrogen-bond acceptors (Lipinski definition) is 3. The van der Waals surface area contributed by atoms with Crippen LogP contribution in [0.15, 0.2) is 29.3 Å². The molecule has 0 saturated heterocycles. The van der Waals surface area contributed by atoms with E-state index in [-0.39, 0.29) is 0 Å². The molecule has 4 heteroatoms. The maximum absolute atomic E-state index is 5.60. The first-order chi connectivity index (χ1) is 7.08. The van der Waals surface area contributed by atoms with Crippen LogP contribution in [0.1, 0.15) is 11.3 Å². The van der Waals surface area contributed by atoms with Crippen molar-refractivity contribution >= 4 is 5.70 Å². The molecule has 78 valence electrons. The normalized spacial score (nSPS) is 10.5. The summed E-state index contributed by atoms with van der Waals surface area (Å²) in [6, 6.07) is 3.80. The number of aromatic nitrogens is 2. The van der Waals surface area contributed by atoms with Crippen LogP contribution in [-0.4, -0.2) is 9.78 Å². The highest BCUT2D eigenvalue weighted by atomic mass is 16.3. The molecule has 2 aromatic heterocycles. The van der Waals surface area contributed by atoms with Crippen LogP contribution in [0.5, 0.6) is 0 Å². The molecular formula is C11H13N3O. The third kappa shape index (κ3) is 1.66. The molecule has 0 amide bonds. The summed E-state index contributed by atoms with van der Waals surface area (Å²) in [4.78, 5) is 0. The monoisotopic (exact) mass is 203 g/mol. The number of nitrogens with two attached hydrogens (primary N) is 1. The van der Waals surface area contributed by atoms with Gasteiger partial charge in [0.2, 0.25) is 0 Å². The van der Waals surface area contributed by atoms with E-state index >= 15 is 0 Å². The lowest BCUT2D eigenvalue weighted by Crippen LogP contribution is -1.92. The molecule has 0 aliphatic rings. The average molecular weight is 203 g/mol. The quantitative estimate of drug-likeness (QED) is 0.811. The van der Waals surface area contributed by atoms with E-state index in [4.69, 9.17) is 10.2 Å². The summed E-state index contributed by atoms with van der Waals surface area (Å²) < 4.78 is 7.30. The number of hydrogen-bond donors (Lipinski definition) is 1. The second kappa shape index (κ2) is 3.31. The Kier molecular flexibility index (Phi) is 2.11. The molecule has 2 aromatic rings. The van der Waals surface area contributed by atoms with E-state index in [2.05, 4.69) is 11.7 Å². The molecule has 0 aliphatic carbocycles. The Labute approximate surface area is 88.0 Å². The van der Waals surface area contributed by atoms with Crippen LogP contribution in [0.3, 0.4) is 0 Å². The minimum atomic E-state index is 0.440. The van der Waals surface area contributed by atoms with E-state index in [0.717, 1.165) is 17.0 Å². The van der Waals surface area contributed by atoms with Gasteiger partial charge in [0.15, 0.2) is 11.5 Å². The smallest absolute Gasteiger partial charge is 0.155 e. The Balaban J connectivity index is 2.46. The van der Waals surface area contributed by atoms with Gasteiger partial charge in [-0.1, -0.05) is 6.58 Å². The van der Waals surface area contributed by atoms with Crippen molar-refractivity contribution in [3.8, 4) is 11.5 Å². The van der Waals surface area contributed by atoms with Crippen molar-refractivity contribution in [1.29, 1.82) is 0 Å². The van der Waals surface area contributed by atoms with Gasteiger partial charge in [0.05, 0.1) is 5.70 Å². The predicted octanol–water partition coefficient (Wildman–Crippen LogP) is 1.92. The Morgan fingerprint density at radius 1 is 1.60 bits per heavy atom. The van der Waals surface area contributed by atoms with Crippen LogP contribution >= 0.6 is 0 Å². The first-order valence-corrected chi connectivity index (χ1v) is 4.63.